The van der Waals surface area contributed by atoms with Gasteiger partial charge in [0, 0.05) is 18.2 Å². The van der Waals surface area contributed by atoms with Gasteiger partial charge in [-0.3, -0.25) is 0 Å². The average Bonchev–Trinajstić information content (AvgIpc) is 2.12. The van der Waals surface area contributed by atoms with E-state index in [1.54, 1.807) is 0 Å². The largest absolute Gasteiger partial charge is 0.380 e. The Hall–Kier alpha value is -1.09. The van der Waals surface area contributed by atoms with Crippen molar-refractivity contribution in [2.75, 3.05) is 25.1 Å². The molecule has 3 heteroatoms. The average molecular weight is 192 g/mol. The summed E-state index contributed by atoms with van der Waals surface area (Å²) in [4.78, 5) is 4.25. The maximum Gasteiger partial charge on any atom is 0.126 e. The third kappa shape index (κ3) is 2.04. The van der Waals surface area contributed by atoms with Crippen LogP contribution in [0.5, 0.6) is 0 Å². The van der Waals surface area contributed by atoms with Crippen LogP contribution >= 0.6 is 0 Å². The fourth-order valence-corrected chi connectivity index (χ4v) is 1.49. The van der Waals surface area contributed by atoms with Crippen LogP contribution in [0.25, 0.3) is 0 Å². The molecule has 1 aromatic heterocycles. The minimum absolute atomic E-state index is 0.297. The van der Waals surface area contributed by atoms with Gasteiger partial charge in [-0.25, -0.2) is 4.98 Å². The van der Waals surface area contributed by atoms with Gasteiger partial charge < -0.3 is 10.1 Å². The topological polar surface area (TPSA) is 34.2 Å². The van der Waals surface area contributed by atoms with Crippen molar-refractivity contribution >= 4 is 5.82 Å². The molecule has 0 radical (unpaired) electrons. The van der Waals surface area contributed by atoms with E-state index in [0.29, 0.717) is 5.41 Å². The third-order valence-electron chi connectivity index (χ3n) is 2.51. The standard InChI is InChI=1S/C11H16N2O/c1-9-3-4-12-10(5-9)13-6-11(2)7-14-8-11/h3-5H,6-8H2,1-2H3,(H,12,13). The monoisotopic (exact) mass is 192 g/mol. The zero-order valence-corrected chi connectivity index (χ0v) is 8.71. The van der Waals surface area contributed by atoms with Crippen LogP contribution in [0.1, 0.15) is 12.5 Å². The van der Waals surface area contributed by atoms with Crippen LogP contribution in [0.2, 0.25) is 0 Å². The highest BCUT2D eigenvalue weighted by atomic mass is 16.5. The lowest BCUT2D eigenvalue weighted by Gasteiger charge is -2.38. The first kappa shape index (κ1) is 9.46. The Morgan fingerprint density at radius 1 is 1.57 bits per heavy atom. The number of hydrogen-bond donors (Lipinski definition) is 1. The highest BCUT2D eigenvalue weighted by molar-refractivity contribution is 5.37. The molecule has 0 spiro atoms. The molecule has 2 rings (SSSR count). The van der Waals surface area contributed by atoms with E-state index in [2.05, 4.69) is 30.2 Å². The van der Waals surface area contributed by atoms with Crippen LogP contribution < -0.4 is 5.32 Å². The molecule has 1 aliphatic rings. The van der Waals surface area contributed by atoms with Gasteiger partial charge in [0.15, 0.2) is 0 Å². The summed E-state index contributed by atoms with van der Waals surface area (Å²) in [5.74, 6) is 0.957. The van der Waals surface area contributed by atoms with Gasteiger partial charge in [0.25, 0.3) is 0 Å². The van der Waals surface area contributed by atoms with Gasteiger partial charge >= 0.3 is 0 Å². The van der Waals surface area contributed by atoms with Crippen LogP contribution in [-0.2, 0) is 4.74 Å². The summed E-state index contributed by atoms with van der Waals surface area (Å²) in [5.41, 5.74) is 1.53. The molecule has 3 nitrogen and oxygen atoms in total. The van der Waals surface area contributed by atoms with Crippen LogP contribution in [-0.4, -0.2) is 24.7 Å². The highest BCUT2D eigenvalue weighted by Crippen LogP contribution is 2.26. The molecule has 0 atom stereocenters. The van der Waals surface area contributed by atoms with Crippen molar-refractivity contribution in [3.05, 3.63) is 23.9 Å². The van der Waals surface area contributed by atoms with Crippen LogP contribution in [0, 0.1) is 12.3 Å². The number of hydrogen-bond acceptors (Lipinski definition) is 3. The zero-order chi connectivity index (χ0) is 10.0. The quantitative estimate of drug-likeness (QED) is 0.793. The van der Waals surface area contributed by atoms with Crippen molar-refractivity contribution in [1.29, 1.82) is 0 Å². The van der Waals surface area contributed by atoms with Gasteiger partial charge in [-0.2, -0.15) is 0 Å². The summed E-state index contributed by atoms with van der Waals surface area (Å²) in [7, 11) is 0. The number of rotatable bonds is 3. The van der Waals surface area contributed by atoms with Crippen molar-refractivity contribution in [1.82, 2.24) is 4.98 Å². The number of aryl methyl sites for hydroxylation is 1. The molecule has 0 bridgehead atoms. The predicted molar refractivity (Wildman–Crippen MR) is 56.4 cm³/mol. The maximum absolute atomic E-state index is 5.19. The number of anilines is 1. The van der Waals surface area contributed by atoms with Gasteiger partial charge in [-0.1, -0.05) is 6.92 Å². The molecule has 0 aromatic carbocycles. The van der Waals surface area contributed by atoms with Gasteiger partial charge in [0.05, 0.1) is 13.2 Å². The molecule has 0 aliphatic carbocycles. The van der Waals surface area contributed by atoms with E-state index in [0.717, 1.165) is 25.6 Å². The summed E-state index contributed by atoms with van der Waals surface area (Å²) in [6, 6.07) is 4.06. The third-order valence-corrected chi connectivity index (χ3v) is 2.51. The van der Waals surface area contributed by atoms with E-state index in [-0.39, 0.29) is 0 Å². The molecule has 1 N–H and O–H groups in total. The van der Waals surface area contributed by atoms with E-state index in [1.807, 2.05) is 12.3 Å². The number of pyridine rings is 1. The molecule has 0 amide bonds. The van der Waals surface area contributed by atoms with Crippen LogP contribution in [0.4, 0.5) is 5.82 Å². The molecule has 1 aromatic rings. The van der Waals surface area contributed by atoms with Gasteiger partial charge in [-0.05, 0) is 24.6 Å². The molecule has 0 saturated carbocycles. The minimum Gasteiger partial charge on any atom is -0.380 e. The van der Waals surface area contributed by atoms with Crippen molar-refractivity contribution < 1.29 is 4.74 Å². The van der Waals surface area contributed by atoms with Crippen LogP contribution in [0.3, 0.4) is 0 Å². The molecule has 1 fully saturated rings. The van der Waals surface area contributed by atoms with E-state index >= 15 is 0 Å². The Morgan fingerprint density at radius 3 is 2.93 bits per heavy atom. The predicted octanol–water partition coefficient (Wildman–Crippen LogP) is 1.84. The highest BCUT2D eigenvalue weighted by Gasteiger charge is 2.32. The van der Waals surface area contributed by atoms with E-state index in [1.165, 1.54) is 5.56 Å². The second kappa shape index (κ2) is 3.58. The summed E-state index contributed by atoms with van der Waals surface area (Å²) in [5, 5.41) is 3.34. The number of nitrogens with zero attached hydrogens (tertiary/aromatic N) is 1. The summed E-state index contributed by atoms with van der Waals surface area (Å²) in [6.07, 6.45) is 1.83. The molecule has 76 valence electrons. The first-order valence-electron chi connectivity index (χ1n) is 4.92. The van der Waals surface area contributed by atoms with Crippen LogP contribution in [0.15, 0.2) is 18.3 Å². The van der Waals surface area contributed by atoms with Gasteiger partial charge in [0.2, 0.25) is 0 Å². The van der Waals surface area contributed by atoms with Crippen molar-refractivity contribution in [3.8, 4) is 0 Å². The first-order valence-corrected chi connectivity index (χ1v) is 4.92. The second-order valence-electron chi connectivity index (χ2n) is 4.38. The Labute approximate surface area is 84.5 Å². The normalized spacial score (nSPS) is 18.7. The SMILES string of the molecule is Cc1ccnc(NCC2(C)COC2)c1. The number of nitrogens with one attached hydrogen (secondary N) is 1. The number of aromatic nitrogens is 1. The molecule has 1 aliphatic heterocycles. The second-order valence-corrected chi connectivity index (χ2v) is 4.38. The van der Waals surface area contributed by atoms with Gasteiger partial charge in [-0.15, -0.1) is 0 Å². The summed E-state index contributed by atoms with van der Waals surface area (Å²) >= 11 is 0. The lowest BCUT2D eigenvalue weighted by Crippen LogP contribution is -2.45. The molecule has 2 heterocycles. The van der Waals surface area contributed by atoms with Crippen molar-refractivity contribution in [2.24, 2.45) is 5.41 Å². The molecule has 0 unspecified atom stereocenters. The minimum atomic E-state index is 0.297. The Morgan fingerprint density at radius 2 is 2.36 bits per heavy atom. The lowest BCUT2D eigenvalue weighted by atomic mass is 9.89. The smallest absolute Gasteiger partial charge is 0.126 e. The van der Waals surface area contributed by atoms with E-state index in [4.69, 9.17) is 4.74 Å². The fraction of sp³-hybridized carbons (Fsp3) is 0.545. The zero-order valence-electron chi connectivity index (χ0n) is 8.71. The molecular weight excluding hydrogens is 176 g/mol. The molecule has 1 saturated heterocycles. The summed E-state index contributed by atoms with van der Waals surface area (Å²) in [6.45, 7) is 6.93. The molecular formula is C11H16N2O. The Bertz CT molecular complexity index is 321. The fourth-order valence-electron chi connectivity index (χ4n) is 1.49. The first-order chi connectivity index (χ1) is 6.68. The maximum atomic E-state index is 5.19. The van der Waals surface area contributed by atoms with E-state index in [9.17, 15) is 0 Å². The Kier molecular flexibility index (Phi) is 2.42. The van der Waals surface area contributed by atoms with Crippen molar-refractivity contribution in [2.45, 2.75) is 13.8 Å². The Balaban J connectivity index is 1.91. The lowest BCUT2D eigenvalue weighted by molar-refractivity contribution is -0.0924. The summed E-state index contributed by atoms with van der Waals surface area (Å²) < 4.78 is 5.19. The van der Waals surface area contributed by atoms with E-state index < -0.39 is 0 Å². The van der Waals surface area contributed by atoms with Crippen molar-refractivity contribution in [3.63, 3.8) is 0 Å². The molecule has 14 heavy (non-hydrogen) atoms. The number of ether oxygens (including phenoxy) is 1. The van der Waals surface area contributed by atoms with Gasteiger partial charge in [0.1, 0.15) is 5.82 Å².